The first-order valence-corrected chi connectivity index (χ1v) is 8.96. The van der Waals surface area contributed by atoms with Crippen molar-refractivity contribution < 1.29 is 28.7 Å². The zero-order valence-corrected chi connectivity index (χ0v) is 16.8. The molecule has 1 N–H and O–H groups in total. The van der Waals surface area contributed by atoms with Crippen molar-refractivity contribution in [3.8, 4) is 0 Å². The molecular weight excluding hydrogens is 364 g/mol. The third-order valence-electron chi connectivity index (χ3n) is 4.46. The van der Waals surface area contributed by atoms with Crippen LogP contribution in [0, 0.1) is 5.41 Å². The van der Waals surface area contributed by atoms with Crippen LogP contribution in [-0.4, -0.2) is 47.5 Å². The van der Waals surface area contributed by atoms with Gasteiger partial charge in [0, 0.05) is 13.0 Å². The van der Waals surface area contributed by atoms with Crippen molar-refractivity contribution in [3.63, 3.8) is 0 Å². The zero-order valence-electron chi connectivity index (χ0n) is 16.8. The highest BCUT2D eigenvalue weighted by Crippen LogP contribution is 2.38. The molecule has 0 unspecified atom stereocenters. The van der Waals surface area contributed by atoms with Gasteiger partial charge in [-0.15, -0.1) is 0 Å². The van der Waals surface area contributed by atoms with Crippen LogP contribution in [0.25, 0.3) is 0 Å². The molecule has 2 rings (SSSR count). The molecule has 0 spiro atoms. The Bertz CT molecular complexity index is 771. The Labute approximate surface area is 164 Å². The van der Waals surface area contributed by atoms with Crippen LogP contribution in [0.15, 0.2) is 30.3 Å². The molecule has 1 fully saturated rings. The minimum atomic E-state index is -1.59. The van der Waals surface area contributed by atoms with Gasteiger partial charge in [0.1, 0.15) is 17.1 Å². The van der Waals surface area contributed by atoms with Gasteiger partial charge in [0.2, 0.25) is 11.8 Å². The molecule has 1 saturated heterocycles. The van der Waals surface area contributed by atoms with Crippen LogP contribution in [0.4, 0.5) is 4.79 Å². The van der Waals surface area contributed by atoms with Crippen molar-refractivity contribution in [1.29, 1.82) is 0 Å². The summed E-state index contributed by atoms with van der Waals surface area (Å²) in [7, 11) is 1.16. The Balaban J connectivity index is 2.23. The fourth-order valence-electron chi connectivity index (χ4n) is 2.98. The SMILES string of the molecule is COC(=O)[C@@H]1C[C@@](C)(C(=O)NCc2ccccc2)C(=O)N1C(=O)OC(C)(C)C. The second-order valence-corrected chi connectivity index (χ2v) is 7.90. The summed E-state index contributed by atoms with van der Waals surface area (Å²) in [6.07, 6.45) is -1.16. The molecule has 1 heterocycles. The van der Waals surface area contributed by atoms with Gasteiger partial charge in [-0.25, -0.2) is 14.5 Å². The summed E-state index contributed by atoms with van der Waals surface area (Å²) in [5.74, 6) is -2.14. The number of methoxy groups -OCH3 is 1. The average molecular weight is 390 g/mol. The Kier molecular flexibility index (Phi) is 6.11. The molecule has 0 aromatic heterocycles. The van der Waals surface area contributed by atoms with Crippen molar-refractivity contribution in [1.82, 2.24) is 10.2 Å². The van der Waals surface area contributed by atoms with Crippen LogP contribution in [-0.2, 0) is 30.4 Å². The molecule has 1 aliphatic heterocycles. The van der Waals surface area contributed by atoms with Gasteiger partial charge >= 0.3 is 12.1 Å². The standard InChI is InChI=1S/C20H26N2O6/c1-19(2,3)28-18(26)22-14(15(23)27-5)11-20(4,17(22)25)16(24)21-12-13-9-7-6-8-10-13/h6-10,14H,11-12H2,1-5H3,(H,21,24)/t14-,20-/m0/s1. The zero-order chi connectivity index (χ0) is 21.1. The monoisotopic (exact) mass is 390 g/mol. The lowest BCUT2D eigenvalue weighted by atomic mass is 9.86. The van der Waals surface area contributed by atoms with Crippen molar-refractivity contribution >= 4 is 23.9 Å². The van der Waals surface area contributed by atoms with E-state index in [2.05, 4.69) is 5.32 Å². The van der Waals surface area contributed by atoms with Gasteiger partial charge in [0.05, 0.1) is 7.11 Å². The third kappa shape index (κ3) is 4.49. The summed E-state index contributed by atoms with van der Waals surface area (Å²) in [6.45, 7) is 6.56. The average Bonchev–Trinajstić information content (AvgIpc) is 2.91. The predicted octanol–water partition coefficient (Wildman–Crippen LogP) is 2.02. The molecule has 1 aromatic carbocycles. The van der Waals surface area contributed by atoms with Crippen molar-refractivity contribution in [3.05, 3.63) is 35.9 Å². The van der Waals surface area contributed by atoms with E-state index in [0.717, 1.165) is 12.7 Å². The lowest BCUT2D eigenvalue weighted by molar-refractivity contribution is -0.150. The van der Waals surface area contributed by atoms with E-state index in [1.165, 1.54) is 6.92 Å². The molecule has 2 atom stereocenters. The fraction of sp³-hybridized carbons (Fsp3) is 0.500. The van der Waals surface area contributed by atoms with E-state index in [1.54, 1.807) is 20.8 Å². The summed E-state index contributed by atoms with van der Waals surface area (Å²) in [5, 5.41) is 2.71. The van der Waals surface area contributed by atoms with Gasteiger partial charge in [-0.05, 0) is 33.3 Å². The number of hydrogen-bond donors (Lipinski definition) is 1. The number of carbonyl (C=O) groups is 4. The first-order valence-electron chi connectivity index (χ1n) is 8.96. The van der Waals surface area contributed by atoms with Crippen molar-refractivity contribution in [2.45, 2.75) is 52.3 Å². The molecule has 0 radical (unpaired) electrons. The van der Waals surface area contributed by atoms with Gasteiger partial charge in [0.25, 0.3) is 0 Å². The van der Waals surface area contributed by atoms with E-state index in [9.17, 15) is 19.2 Å². The summed E-state index contributed by atoms with van der Waals surface area (Å²) in [5.41, 5.74) is -1.60. The van der Waals surface area contributed by atoms with E-state index in [0.29, 0.717) is 4.90 Å². The number of likely N-dealkylation sites (tertiary alicyclic amines) is 1. The summed E-state index contributed by atoms with van der Waals surface area (Å²) < 4.78 is 9.97. The summed E-state index contributed by atoms with van der Waals surface area (Å²) in [6, 6.07) is 7.97. The number of hydrogen-bond acceptors (Lipinski definition) is 6. The summed E-state index contributed by atoms with van der Waals surface area (Å²) >= 11 is 0. The second kappa shape index (κ2) is 8.00. The number of carbonyl (C=O) groups excluding carboxylic acids is 4. The molecule has 1 aromatic rings. The molecule has 1 aliphatic rings. The highest BCUT2D eigenvalue weighted by Gasteiger charge is 2.58. The maximum absolute atomic E-state index is 13.0. The number of nitrogens with one attached hydrogen (secondary N) is 1. The maximum Gasteiger partial charge on any atom is 0.417 e. The highest BCUT2D eigenvalue weighted by atomic mass is 16.6. The minimum absolute atomic E-state index is 0.182. The van der Waals surface area contributed by atoms with Crippen molar-refractivity contribution in [2.75, 3.05) is 7.11 Å². The fourth-order valence-corrected chi connectivity index (χ4v) is 2.98. The Hall–Kier alpha value is -2.90. The number of imide groups is 1. The van der Waals surface area contributed by atoms with Gasteiger partial charge < -0.3 is 14.8 Å². The topological polar surface area (TPSA) is 102 Å². The molecule has 0 aliphatic carbocycles. The van der Waals surface area contributed by atoms with Gasteiger partial charge in [-0.1, -0.05) is 30.3 Å². The van der Waals surface area contributed by atoms with E-state index in [4.69, 9.17) is 9.47 Å². The number of benzene rings is 1. The van der Waals surface area contributed by atoms with Gasteiger partial charge in [-0.2, -0.15) is 0 Å². The number of ether oxygens (including phenoxy) is 2. The van der Waals surface area contributed by atoms with E-state index >= 15 is 0 Å². The molecule has 0 saturated carbocycles. The second-order valence-electron chi connectivity index (χ2n) is 7.90. The lowest BCUT2D eigenvalue weighted by Crippen LogP contribution is -2.49. The molecular formula is C20H26N2O6. The number of esters is 1. The highest BCUT2D eigenvalue weighted by molar-refractivity contribution is 6.13. The number of rotatable bonds is 4. The van der Waals surface area contributed by atoms with E-state index < -0.39 is 40.9 Å². The Morgan fingerprint density at radius 3 is 2.36 bits per heavy atom. The van der Waals surface area contributed by atoms with Crippen molar-refractivity contribution in [2.24, 2.45) is 5.41 Å². The molecule has 8 nitrogen and oxygen atoms in total. The van der Waals surface area contributed by atoms with Crippen LogP contribution >= 0.6 is 0 Å². The molecule has 8 heteroatoms. The maximum atomic E-state index is 13.0. The first kappa shape index (κ1) is 21.4. The van der Waals surface area contributed by atoms with Gasteiger partial charge in [0.15, 0.2) is 0 Å². The van der Waals surface area contributed by atoms with Crippen LogP contribution in [0.5, 0.6) is 0 Å². The third-order valence-corrected chi connectivity index (χ3v) is 4.46. The minimum Gasteiger partial charge on any atom is -0.467 e. The molecule has 3 amide bonds. The summed E-state index contributed by atoms with van der Waals surface area (Å²) in [4.78, 5) is 51.2. The van der Waals surface area contributed by atoms with Crippen LogP contribution < -0.4 is 5.32 Å². The smallest absolute Gasteiger partial charge is 0.417 e. The lowest BCUT2D eigenvalue weighted by Gasteiger charge is -2.26. The van der Waals surface area contributed by atoms with Crippen LogP contribution in [0.2, 0.25) is 0 Å². The predicted molar refractivity (Wildman–Crippen MR) is 99.9 cm³/mol. The Morgan fingerprint density at radius 2 is 1.82 bits per heavy atom. The van der Waals surface area contributed by atoms with Crippen LogP contribution in [0.3, 0.4) is 0 Å². The quantitative estimate of drug-likeness (QED) is 0.623. The Morgan fingerprint density at radius 1 is 1.21 bits per heavy atom. The molecule has 152 valence electrons. The molecule has 28 heavy (non-hydrogen) atoms. The number of nitrogens with zero attached hydrogens (tertiary/aromatic N) is 1. The van der Waals surface area contributed by atoms with E-state index in [-0.39, 0.29) is 13.0 Å². The first-order chi connectivity index (χ1) is 13.0. The van der Waals surface area contributed by atoms with Crippen LogP contribution in [0.1, 0.15) is 39.7 Å². The van der Waals surface area contributed by atoms with Gasteiger partial charge in [-0.3, -0.25) is 9.59 Å². The van der Waals surface area contributed by atoms with E-state index in [1.807, 2.05) is 30.3 Å². The number of amides is 3. The normalized spacial score (nSPS) is 22.0. The largest absolute Gasteiger partial charge is 0.467 e. The molecule has 0 bridgehead atoms.